The van der Waals surface area contributed by atoms with Crippen molar-refractivity contribution in [2.45, 2.75) is 12.8 Å². The largest absolute Gasteiger partial charge is 0.482 e. The lowest BCUT2D eigenvalue weighted by atomic mass is 10.1. The first-order valence-electron chi connectivity index (χ1n) is 9.81. The van der Waals surface area contributed by atoms with Gasteiger partial charge in [-0.05, 0) is 53.6 Å². The van der Waals surface area contributed by atoms with Crippen LogP contribution in [0.25, 0.3) is 10.8 Å². The van der Waals surface area contributed by atoms with E-state index in [0.717, 1.165) is 22.9 Å². The lowest BCUT2D eigenvalue weighted by Crippen LogP contribution is -2.23. The first kappa shape index (κ1) is 19.6. The average Bonchev–Trinajstić information content (AvgIpc) is 3.21. The summed E-state index contributed by atoms with van der Waals surface area (Å²) in [6.07, 6.45) is 1.40. The molecular weight excluding hydrogens is 382 g/mol. The number of ketones is 1. The predicted molar refractivity (Wildman–Crippen MR) is 113 cm³/mol. The Hall–Kier alpha value is -3.67. The molecule has 152 valence electrons. The van der Waals surface area contributed by atoms with Crippen molar-refractivity contribution in [3.05, 3.63) is 72.3 Å². The molecule has 6 nitrogen and oxygen atoms in total. The van der Waals surface area contributed by atoms with E-state index in [-0.39, 0.29) is 24.9 Å². The number of amides is 1. The molecule has 1 aliphatic rings. The summed E-state index contributed by atoms with van der Waals surface area (Å²) >= 11 is 0. The zero-order chi connectivity index (χ0) is 20.9. The van der Waals surface area contributed by atoms with Crippen molar-refractivity contribution in [1.82, 2.24) is 0 Å². The van der Waals surface area contributed by atoms with Crippen LogP contribution >= 0.6 is 0 Å². The molecule has 0 radical (unpaired) electrons. The number of ether oxygens (including phenoxy) is 2. The van der Waals surface area contributed by atoms with Crippen LogP contribution in [0, 0.1) is 0 Å². The Labute approximate surface area is 174 Å². The van der Waals surface area contributed by atoms with Crippen molar-refractivity contribution in [3.8, 4) is 5.75 Å². The number of hydrogen-bond acceptors (Lipinski definition) is 5. The maximum absolute atomic E-state index is 12.3. The minimum atomic E-state index is -0.615. The third-order valence-electron chi connectivity index (χ3n) is 5.02. The topological polar surface area (TPSA) is 72.9 Å². The zero-order valence-electron chi connectivity index (χ0n) is 16.4. The van der Waals surface area contributed by atoms with Gasteiger partial charge in [-0.15, -0.1) is 0 Å². The number of esters is 1. The van der Waals surface area contributed by atoms with Gasteiger partial charge in [0.15, 0.2) is 19.0 Å². The average molecular weight is 403 g/mol. The van der Waals surface area contributed by atoms with E-state index in [2.05, 4.69) is 0 Å². The van der Waals surface area contributed by atoms with Gasteiger partial charge in [0.1, 0.15) is 5.75 Å². The number of nitrogens with zero attached hydrogens (tertiary/aromatic N) is 1. The summed E-state index contributed by atoms with van der Waals surface area (Å²) in [5, 5.41) is 2.09. The quantitative estimate of drug-likeness (QED) is 0.444. The van der Waals surface area contributed by atoms with Crippen LogP contribution in [0.1, 0.15) is 23.2 Å². The highest BCUT2D eigenvalue weighted by Gasteiger charge is 2.21. The molecule has 0 saturated carbocycles. The smallest absolute Gasteiger partial charge is 0.344 e. The first-order chi connectivity index (χ1) is 14.6. The molecule has 1 heterocycles. The molecule has 0 atom stereocenters. The van der Waals surface area contributed by atoms with Crippen LogP contribution in [-0.4, -0.2) is 37.4 Å². The molecule has 6 heteroatoms. The Morgan fingerprint density at radius 1 is 0.900 bits per heavy atom. The number of carbonyl (C=O) groups is 3. The van der Waals surface area contributed by atoms with Gasteiger partial charge in [0.05, 0.1) is 0 Å². The Morgan fingerprint density at radius 2 is 1.67 bits per heavy atom. The minimum Gasteiger partial charge on any atom is -0.482 e. The van der Waals surface area contributed by atoms with E-state index in [0.29, 0.717) is 24.3 Å². The number of rotatable bonds is 7. The Morgan fingerprint density at radius 3 is 2.40 bits per heavy atom. The maximum Gasteiger partial charge on any atom is 0.344 e. The molecule has 0 bridgehead atoms. The van der Waals surface area contributed by atoms with Crippen LogP contribution in [0.15, 0.2) is 66.7 Å². The number of fused-ring (bicyclic) bond motifs is 1. The fourth-order valence-corrected chi connectivity index (χ4v) is 3.42. The fraction of sp³-hybridized carbons (Fsp3) is 0.208. The van der Waals surface area contributed by atoms with Crippen molar-refractivity contribution in [3.63, 3.8) is 0 Å². The molecule has 0 aromatic heterocycles. The van der Waals surface area contributed by atoms with E-state index < -0.39 is 5.97 Å². The number of anilines is 1. The third-order valence-corrected chi connectivity index (χ3v) is 5.02. The number of hydrogen-bond donors (Lipinski definition) is 0. The van der Waals surface area contributed by atoms with E-state index in [1.165, 1.54) is 0 Å². The van der Waals surface area contributed by atoms with Crippen molar-refractivity contribution < 1.29 is 23.9 Å². The first-order valence-corrected chi connectivity index (χ1v) is 9.81. The second-order valence-corrected chi connectivity index (χ2v) is 7.08. The van der Waals surface area contributed by atoms with E-state index in [4.69, 9.17) is 9.47 Å². The van der Waals surface area contributed by atoms with Crippen LogP contribution in [0.5, 0.6) is 5.75 Å². The van der Waals surface area contributed by atoms with Gasteiger partial charge in [-0.2, -0.15) is 0 Å². The van der Waals surface area contributed by atoms with Gasteiger partial charge in [0, 0.05) is 24.2 Å². The molecule has 1 aliphatic heterocycles. The van der Waals surface area contributed by atoms with Gasteiger partial charge in [-0.1, -0.05) is 30.3 Å². The molecule has 1 saturated heterocycles. The maximum atomic E-state index is 12.3. The van der Waals surface area contributed by atoms with Gasteiger partial charge in [-0.25, -0.2) is 4.79 Å². The molecule has 3 aromatic carbocycles. The SMILES string of the molecule is O=C(COc1ccc2ccccc2c1)OCC(=O)c1ccc(N2CCCC2=O)cc1. The van der Waals surface area contributed by atoms with Crippen molar-refractivity contribution in [2.24, 2.45) is 0 Å². The number of benzene rings is 3. The van der Waals surface area contributed by atoms with Gasteiger partial charge < -0.3 is 14.4 Å². The highest BCUT2D eigenvalue weighted by Crippen LogP contribution is 2.22. The van der Waals surface area contributed by atoms with Crippen LogP contribution < -0.4 is 9.64 Å². The van der Waals surface area contributed by atoms with Crippen LogP contribution in [-0.2, 0) is 14.3 Å². The second-order valence-electron chi connectivity index (χ2n) is 7.08. The Balaban J connectivity index is 1.26. The standard InChI is InChI=1S/C24H21NO5/c26-22(18-7-10-20(11-8-18)25-13-3-6-23(25)27)15-30-24(28)16-29-21-12-9-17-4-1-2-5-19(17)14-21/h1-2,4-5,7-12,14H,3,6,13,15-16H2. The normalized spacial score (nSPS) is 13.5. The zero-order valence-corrected chi connectivity index (χ0v) is 16.4. The summed E-state index contributed by atoms with van der Waals surface area (Å²) in [4.78, 5) is 37.7. The molecule has 30 heavy (non-hydrogen) atoms. The molecule has 3 aromatic rings. The van der Waals surface area contributed by atoms with Crippen molar-refractivity contribution in [2.75, 3.05) is 24.7 Å². The Kier molecular flexibility index (Phi) is 5.75. The summed E-state index contributed by atoms with van der Waals surface area (Å²) in [6.45, 7) is 0.0600. The van der Waals surface area contributed by atoms with Gasteiger partial charge in [0.25, 0.3) is 0 Å². The summed E-state index contributed by atoms with van der Waals surface area (Å²) in [7, 11) is 0. The molecular formula is C24H21NO5. The van der Waals surface area contributed by atoms with Crippen molar-refractivity contribution >= 4 is 34.1 Å². The number of Topliss-reactive ketones (excluding diaryl/α,β-unsaturated/α-hetero) is 1. The third kappa shape index (κ3) is 4.49. The lowest BCUT2D eigenvalue weighted by Gasteiger charge is -2.15. The van der Waals surface area contributed by atoms with E-state index >= 15 is 0 Å². The van der Waals surface area contributed by atoms with E-state index in [1.807, 2.05) is 36.4 Å². The summed E-state index contributed by atoms with van der Waals surface area (Å²) in [5.74, 6) is -0.275. The summed E-state index contributed by atoms with van der Waals surface area (Å²) in [6, 6.07) is 20.2. The van der Waals surface area contributed by atoms with Crippen LogP contribution in [0.2, 0.25) is 0 Å². The predicted octanol–water partition coefficient (Wildman–Crippen LogP) is 3.77. The number of carbonyl (C=O) groups excluding carboxylic acids is 3. The monoisotopic (exact) mass is 403 g/mol. The fourth-order valence-electron chi connectivity index (χ4n) is 3.42. The minimum absolute atomic E-state index is 0.0921. The van der Waals surface area contributed by atoms with Crippen LogP contribution in [0.3, 0.4) is 0 Å². The molecule has 0 N–H and O–H groups in total. The highest BCUT2D eigenvalue weighted by atomic mass is 16.6. The molecule has 0 aliphatic carbocycles. The van der Waals surface area contributed by atoms with Gasteiger partial charge in [0.2, 0.25) is 5.91 Å². The molecule has 0 unspecified atom stereocenters. The molecule has 0 spiro atoms. The molecule has 1 amide bonds. The van der Waals surface area contributed by atoms with E-state index in [9.17, 15) is 14.4 Å². The summed E-state index contributed by atoms with van der Waals surface area (Å²) < 4.78 is 10.5. The molecule has 4 rings (SSSR count). The van der Waals surface area contributed by atoms with E-state index in [1.54, 1.807) is 35.2 Å². The molecule has 1 fully saturated rings. The lowest BCUT2D eigenvalue weighted by molar-refractivity contribution is -0.144. The second kappa shape index (κ2) is 8.78. The summed E-state index contributed by atoms with van der Waals surface area (Å²) in [5.41, 5.74) is 1.20. The van der Waals surface area contributed by atoms with Crippen molar-refractivity contribution in [1.29, 1.82) is 0 Å². The van der Waals surface area contributed by atoms with Crippen LogP contribution in [0.4, 0.5) is 5.69 Å². The van der Waals surface area contributed by atoms with Gasteiger partial charge in [-0.3, -0.25) is 9.59 Å². The highest BCUT2D eigenvalue weighted by molar-refractivity contribution is 5.99. The van der Waals surface area contributed by atoms with Gasteiger partial charge >= 0.3 is 5.97 Å². The Bertz CT molecular complexity index is 1090.